The van der Waals surface area contributed by atoms with E-state index >= 15 is 0 Å². The van der Waals surface area contributed by atoms with Gasteiger partial charge in [-0.3, -0.25) is 4.79 Å². The lowest BCUT2D eigenvalue weighted by Gasteiger charge is -1.99. The number of fused-ring (bicyclic) bond motifs is 1. The normalized spacial score (nSPS) is 10.9. The van der Waals surface area contributed by atoms with Crippen molar-refractivity contribution in [2.45, 2.75) is 6.42 Å². The second-order valence-electron chi connectivity index (χ2n) is 4.33. The molecule has 100 valence electrons. The van der Waals surface area contributed by atoms with Crippen molar-refractivity contribution in [3.63, 3.8) is 0 Å². The van der Waals surface area contributed by atoms with Crippen LogP contribution in [0.15, 0.2) is 42.5 Å². The molecule has 0 bridgehead atoms. The minimum Gasteiger partial charge on any atom is -0.294 e. The van der Waals surface area contributed by atoms with Crippen LogP contribution in [0.2, 0.25) is 0 Å². The number of thiazole rings is 1. The van der Waals surface area contributed by atoms with Gasteiger partial charge in [0.1, 0.15) is 16.6 Å². The lowest BCUT2D eigenvalue weighted by atomic mass is 10.1. The first-order chi connectivity index (χ1) is 9.61. The van der Waals surface area contributed by atoms with Crippen LogP contribution >= 0.6 is 11.3 Å². The Hall–Kier alpha value is -2.14. The molecule has 3 rings (SSSR count). The molecule has 0 radical (unpaired) electrons. The van der Waals surface area contributed by atoms with Crippen LogP contribution in [0.1, 0.15) is 15.4 Å². The summed E-state index contributed by atoms with van der Waals surface area (Å²) in [5, 5.41) is 0.640. The number of hydrogen-bond donors (Lipinski definition) is 0. The number of rotatable bonds is 3. The molecule has 0 unspecified atom stereocenters. The summed E-state index contributed by atoms with van der Waals surface area (Å²) < 4.78 is 27.2. The standard InChI is InChI=1S/C15H9F2NOS/c16-10-5-9(6-11(17)7-10)13(19)8-15-18-12-3-1-2-4-14(12)20-15/h1-7H,8H2. The number of Topliss-reactive ketones (excluding diaryl/α,β-unsaturated/α-hetero) is 1. The van der Waals surface area contributed by atoms with E-state index in [1.54, 1.807) is 0 Å². The number of halogens is 2. The molecule has 2 nitrogen and oxygen atoms in total. The number of nitrogens with zero attached hydrogens (tertiary/aromatic N) is 1. The van der Waals surface area contributed by atoms with E-state index in [1.165, 1.54) is 11.3 Å². The molecule has 0 fully saturated rings. The van der Waals surface area contributed by atoms with Crippen molar-refractivity contribution in [1.82, 2.24) is 4.98 Å². The number of aromatic nitrogens is 1. The predicted molar refractivity (Wildman–Crippen MR) is 74.0 cm³/mol. The number of ketones is 1. The fraction of sp³-hybridized carbons (Fsp3) is 0.0667. The highest BCUT2D eigenvalue weighted by atomic mass is 32.1. The summed E-state index contributed by atoms with van der Waals surface area (Å²) in [6.45, 7) is 0. The van der Waals surface area contributed by atoms with Gasteiger partial charge in [0.25, 0.3) is 0 Å². The largest absolute Gasteiger partial charge is 0.294 e. The predicted octanol–water partition coefficient (Wildman–Crippen LogP) is 4.00. The number of hydrogen-bond acceptors (Lipinski definition) is 3. The van der Waals surface area contributed by atoms with Crippen molar-refractivity contribution in [2.75, 3.05) is 0 Å². The minimum absolute atomic E-state index is 0.0294. The van der Waals surface area contributed by atoms with E-state index < -0.39 is 11.6 Å². The molecule has 0 N–H and O–H groups in total. The summed E-state index contributed by atoms with van der Waals surface area (Å²) in [6, 6.07) is 10.4. The van der Waals surface area contributed by atoms with Crippen LogP contribution in [0.5, 0.6) is 0 Å². The Morgan fingerprint density at radius 1 is 1.10 bits per heavy atom. The van der Waals surface area contributed by atoms with E-state index in [0.29, 0.717) is 5.01 Å². The quantitative estimate of drug-likeness (QED) is 0.682. The summed E-state index contributed by atoms with van der Waals surface area (Å²) in [5.74, 6) is -1.85. The van der Waals surface area contributed by atoms with Gasteiger partial charge in [-0.15, -0.1) is 11.3 Å². The molecule has 3 aromatic rings. The maximum Gasteiger partial charge on any atom is 0.169 e. The van der Waals surface area contributed by atoms with Gasteiger partial charge >= 0.3 is 0 Å². The summed E-state index contributed by atoms with van der Waals surface area (Å²) >= 11 is 1.41. The molecule has 0 aliphatic carbocycles. The molecular formula is C15H9F2NOS. The first-order valence-electron chi connectivity index (χ1n) is 5.95. The Kier molecular flexibility index (Phi) is 3.28. The fourth-order valence-corrected chi connectivity index (χ4v) is 2.92. The smallest absolute Gasteiger partial charge is 0.169 e. The number of para-hydroxylation sites is 1. The maximum absolute atomic E-state index is 13.1. The lowest BCUT2D eigenvalue weighted by Crippen LogP contribution is -2.04. The molecule has 0 amide bonds. The van der Waals surface area contributed by atoms with E-state index in [9.17, 15) is 13.6 Å². The lowest BCUT2D eigenvalue weighted by molar-refractivity contribution is 0.0992. The summed E-state index contributed by atoms with van der Waals surface area (Å²) in [4.78, 5) is 16.4. The van der Waals surface area contributed by atoms with Crippen molar-refractivity contribution >= 4 is 27.3 Å². The zero-order valence-corrected chi connectivity index (χ0v) is 11.1. The molecule has 0 atom stereocenters. The molecule has 0 saturated heterocycles. The molecule has 1 aromatic heterocycles. The van der Waals surface area contributed by atoms with Gasteiger partial charge in [-0.25, -0.2) is 13.8 Å². The molecule has 0 aliphatic rings. The maximum atomic E-state index is 13.1. The Morgan fingerprint density at radius 3 is 2.50 bits per heavy atom. The van der Waals surface area contributed by atoms with Gasteiger partial charge in [0, 0.05) is 11.6 Å². The van der Waals surface area contributed by atoms with Gasteiger partial charge in [0.2, 0.25) is 0 Å². The highest BCUT2D eigenvalue weighted by molar-refractivity contribution is 7.18. The Balaban J connectivity index is 1.88. The third kappa shape index (κ3) is 2.58. The van der Waals surface area contributed by atoms with Crippen LogP contribution in [0.3, 0.4) is 0 Å². The highest BCUT2D eigenvalue weighted by Gasteiger charge is 2.13. The van der Waals surface area contributed by atoms with Crippen molar-refractivity contribution < 1.29 is 13.6 Å². The van der Waals surface area contributed by atoms with Crippen LogP contribution in [0.25, 0.3) is 10.2 Å². The van der Waals surface area contributed by atoms with Crippen molar-refractivity contribution in [2.24, 2.45) is 0 Å². The third-order valence-electron chi connectivity index (χ3n) is 2.83. The highest BCUT2D eigenvalue weighted by Crippen LogP contribution is 2.23. The molecule has 0 spiro atoms. The number of carbonyl (C=O) groups excluding carboxylic acids is 1. The molecule has 5 heteroatoms. The van der Waals surface area contributed by atoms with Gasteiger partial charge in [-0.1, -0.05) is 12.1 Å². The van der Waals surface area contributed by atoms with E-state index in [1.807, 2.05) is 24.3 Å². The van der Waals surface area contributed by atoms with E-state index in [4.69, 9.17) is 0 Å². The monoisotopic (exact) mass is 289 g/mol. The van der Waals surface area contributed by atoms with Gasteiger partial charge in [-0.2, -0.15) is 0 Å². The van der Waals surface area contributed by atoms with Gasteiger partial charge in [0.05, 0.1) is 16.6 Å². The van der Waals surface area contributed by atoms with Crippen LogP contribution < -0.4 is 0 Å². The van der Waals surface area contributed by atoms with Crippen LogP contribution in [-0.4, -0.2) is 10.8 Å². The van der Waals surface area contributed by atoms with Crippen LogP contribution in [0.4, 0.5) is 8.78 Å². The topological polar surface area (TPSA) is 30.0 Å². The second kappa shape index (κ2) is 5.09. The van der Waals surface area contributed by atoms with Crippen molar-refractivity contribution in [3.05, 3.63) is 64.7 Å². The van der Waals surface area contributed by atoms with Crippen LogP contribution in [0, 0.1) is 11.6 Å². The third-order valence-corrected chi connectivity index (χ3v) is 3.87. The van der Waals surface area contributed by atoms with Gasteiger partial charge < -0.3 is 0 Å². The van der Waals surface area contributed by atoms with Crippen molar-refractivity contribution in [3.8, 4) is 0 Å². The molecule has 0 aliphatic heterocycles. The molecule has 0 saturated carbocycles. The Labute approximate surface area is 117 Å². The summed E-state index contributed by atoms with van der Waals surface area (Å²) in [6.07, 6.45) is 0.0439. The average Bonchev–Trinajstić information content (AvgIpc) is 2.79. The number of carbonyl (C=O) groups is 1. The second-order valence-corrected chi connectivity index (χ2v) is 5.45. The number of benzene rings is 2. The van der Waals surface area contributed by atoms with Crippen LogP contribution in [-0.2, 0) is 6.42 Å². The fourth-order valence-electron chi connectivity index (χ4n) is 1.95. The first kappa shape index (κ1) is 12.9. The Bertz CT molecular complexity index is 744. The summed E-state index contributed by atoms with van der Waals surface area (Å²) in [5.41, 5.74) is 0.854. The zero-order valence-electron chi connectivity index (χ0n) is 10.3. The average molecular weight is 289 g/mol. The summed E-state index contributed by atoms with van der Waals surface area (Å²) in [7, 11) is 0. The van der Waals surface area contributed by atoms with E-state index in [0.717, 1.165) is 28.4 Å². The zero-order chi connectivity index (χ0) is 14.1. The molecule has 1 heterocycles. The van der Waals surface area contributed by atoms with Gasteiger partial charge in [-0.05, 0) is 24.3 Å². The van der Waals surface area contributed by atoms with Gasteiger partial charge in [0.15, 0.2) is 5.78 Å². The van der Waals surface area contributed by atoms with E-state index in [2.05, 4.69) is 4.98 Å². The molecule has 20 heavy (non-hydrogen) atoms. The molecular weight excluding hydrogens is 280 g/mol. The SMILES string of the molecule is O=C(Cc1nc2ccccc2s1)c1cc(F)cc(F)c1. The molecule has 2 aromatic carbocycles. The minimum atomic E-state index is -0.752. The Morgan fingerprint density at radius 2 is 1.80 bits per heavy atom. The van der Waals surface area contributed by atoms with E-state index in [-0.39, 0.29) is 17.8 Å². The first-order valence-corrected chi connectivity index (χ1v) is 6.77. The van der Waals surface area contributed by atoms with Crippen molar-refractivity contribution in [1.29, 1.82) is 0 Å².